The zero-order valence-electron chi connectivity index (χ0n) is 9.16. The van der Waals surface area contributed by atoms with E-state index in [1.165, 1.54) is 16.2 Å². The number of carboxylic acid groups (broad SMARTS) is 1. The lowest BCUT2D eigenvalue weighted by molar-refractivity contribution is -0.141. The smallest absolute Gasteiger partial charge is 0.326 e. The Morgan fingerprint density at radius 1 is 1.59 bits per heavy atom. The van der Waals surface area contributed by atoms with E-state index in [1.54, 1.807) is 12.3 Å². The molecule has 2 unspecified atom stereocenters. The minimum absolute atomic E-state index is 0.0480. The lowest BCUT2D eigenvalue weighted by Crippen LogP contribution is -2.40. The van der Waals surface area contributed by atoms with Crippen molar-refractivity contribution in [1.82, 2.24) is 9.88 Å². The zero-order chi connectivity index (χ0) is 12.6. The van der Waals surface area contributed by atoms with Crippen LogP contribution >= 0.6 is 11.3 Å². The molecular formula is C10H12N2O4S. The topological polar surface area (TPSA) is 90.7 Å². The zero-order valence-corrected chi connectivity index (χ0v) is 9.98. The van der Waals surface area contributed by atoms with Crippen LogP contribution < -0.4 is 0 Å². The normalized spacial score (nSPS) is 24.0. The molecule has 2 heterocycles. The van der Waals surface area contributed by atoms with Crippen LogP contribution in [0.15, 0.2) is 5.38 Å². The lowest BCUT2D eigenvalue weighted by atomic mass is 10.2. The third-order valence-corrected chi connectivity index (χ3v) is 3.44. The Bertz CT molecular complexity index is 459. The summed E-state index contributed by atoms with van der Waals surface area (Å²) in [5.74, 6) is -1.53. The lowest BCUT2D eigenvalue weighted by Gasteiger charge is -2.19. The number of hydrogen-bond acceptors (Lipinski definition) is 5. The molecule has 2 atom stereocenters. The fourth-order valence-corrected chi connectivity index (χ4v) is 2.47. The van der Waals surface area contributed by atoms with Gasteiger partial charge in [0.05, 0.1) is 11.1 Å². The van der Waals surface area contributed by atoms with Crippen LogP contribution in [0.2, 0.25) is 0 Å². The fourth-order valence-electron chi connectivity index (χ4n) is 1.88. The summed E-state index contributed by atoms with van der Waals surface area (Å²) in [5.41, 5.74) is 0.243. The Kier molecular flexibility index (Phi) is 3.12. The van der Waals surface area contributed by atoms with Gasteiger partial charge in [0.25, 0.3) is 5.91 Å². The van der Waals surface area contributed by atoms with Crippen molar-refractivity contribution in [3.8, 4) is 0 Å². The number of hydrogen-bond donors (Lipinski definition) is 2. The van der Waals surface area contributed by atoms with Gasteiger partial charge >= 0.3 is 5.97 Å². The van der Waals surface area contributed by atoms with Crippen LogP contribution in [0.1, 0.15) is 21.9 Å². The van der Waals surface area contributed by atoms with E-state index in [1.807, 2.05) is 0 Å². The van der Waals surface area contributed by atoms with E-state index >= 15 is 0 Å². The Morgan fingerprint density at radius 3 is 2.82 bits per heavy atom. The molecule has 1 aromatic rings. The number of aryl methyl sites for hydroxylation is 1. The molecule has 1 saturated heterocycles. The maximum Gasteiger partial charge on any atom is 0.326 e. The van der Waals surface area contributed by atoms with Crippen LogP contribution in [-0.2, 0) is 4.79 Å². The van der Waals surface area contributed by atoms with Gasteiger partial charge in [0.1, 0.15) is 11.7 Å². The maximum atomic E-state index is 12.0. The Morgan fingerprint density at radius 2 is 2.29 bits per heavy atom. The Labute approximate surface area is 102 Å². The highest BCUT2D eigenvalue weighted by Gasteiger charge is 2.39. The summed E-state index contributed by atoms with van der Waals surface area (Å²) < 4.78 is 0. The predicted molar refractivity (Wildman–Crippen MR) is 59.9 cm³/mol. The molecule has 0 aliphatic carbocycles. The molecule has 2 N–H and O–H groups in total. The van der Waals surface area contributed by atoms with E-state index in [-0.39, 0.29) is 18.7 Å². The maximum absolute atomic E-state index is 12.0. The number of carbonyl (C=O) groups excluding carboxylic acids is 1. The van der Waals surface area contributed by atoms with Crippen LogP contribution in [0.4, 0.5) is 0 Å². The van der Waals surface area contributed by atoms with Gasteiger partial charge in [-0.05, 0) is 6.92 Å². The molecule has 6 nitrogen and oxygen atoms in total. The third kappa shape index (κ3) is 2.29. The van der Waals surface area contributed by atoms with Gasteiger partial charge in [-0.2, -0.15) is 0 Å². The van der Waals surface area contributed by atoms with E-state index in [2.05, 4.69) is 4.98 Å². The fraction of sp³-hybridized carbons (Fsp3) is 0.500. The highest BCUT2D eigenvalue weighted by Crippen LogP contribution is 2.21. The van der Waals surface area contributed by atoms with Crippen molar-refractivity contribution in [3.63, 3.8) is 0 Å². The first kappa shape index (κ1) is 12.0. The minimum atomic E-state index is -1.10. The van der Waals surface area contributed by atoms with E-state index in [0.717, 1.165) is 5.01 Å². The largest absolute Gasteiger partial charge is 0.480 e. The summed E-state index contributed by atoms with van der Waals surface area (Å²) in [7, 11) is 0. The van der Waals surface area contributed by atoms with E-state index < -0.39 is 24.0 Å². The number of aliphatic hydroxyl groups excluding tert-OH is 1. The average Bonchev–Trinajstić information content (AvgIpc) is 2.83. The first-order valence-electron chi connectivity index (χ1n) is 5.13. The van der Waals surface area contributed by atoms with Gasteiger partial charge in [-0.25, -0.2) is 9.78 Å². The van der Waals surface area contributed by atoms with Crippen LogP contribution in [-0.4, -0.2) is 50.7 Å². The van der Waals surface area contributed by atoms with Crippen LogP contribution in [0, 0.1) is 6.92 Å². The second-order valence-electron chi connectivity index (χ2n) is 3.95. The second kappa shape index (κ2) is 4.42. The number of aliphatic hydroxyl groups is 1. The van der Waals surface area contributed by atoms with Crippen molar-refractivity contribution in [2.24, 2.45) is 0 Å². The second-order valence-corrected chi connectivity index (χ2v) is 5.02. The standard InChI is InChI=1S/C10H12N2O4S/c1-5-11-7(4-17-5)9(14)12-3-6(13)2-8(12)10(15)16/h4,6,8,13H,2-3H2,1H3,(H,15,16). The number of aliphatic carboxylic acids is 1. The number of carbonyl (C=O) groups is 2. The molecule has 1 aliphatic rings. The summed E-state index contributed by atoms with van der Waals surface area (Å²) in [4.78, 5) is 28.2. The summed E-state index contributed by atoms with van der Waals surface area (Å²) in [6.45, 7) is 1.82. The number of β-amino-alcohol motifs (C(OH)–C–C–N with tert-alkyl or cyclic N) is 1. The third-order valence-electron chi connectivity index (χ3n) is 2.66. The van der Waals surface area contributed by atoms with E-state index in [4.69, 9.17) is 5.11 Å². The van der Waals surface area contributed by atoms with Gasteiger partial charge in [-0.15, -0.1) is 11.3 Å². The average molecular weight is 256 g/mol. The van der Waals surface area contributed by atoms with Crippen molar-refractivity contribution in [1.29, 1.82) is 0 Å². The SMILES string of the molecule is Cc1nc(C(=O)N2CC(O)CC2C(=O)O)cs1. The highest BCUT2D eigenvalue weighted by molar-refractivity contribution is 7.09. The molecule has 92 valence electrons. The number of rotatable bonds is 2. The monoisotopic (exact) mass is 256 g/mol. The van der Waals surface area contributed by atoms with Crippen LogP contribution in [0.25, 0.3) is 0 Å². The molecule has 1 amide bonds. The molecule has 0 bridgehead atoms. The number of nitrogens with zero attached hydrogens (tertiary/aromatic N) is 2. The van der Waals surface area contributed by atoms with Gasteiger partial charge < -0.3 is 15.1 Å². The van der Waals surface area contributed by atoms with Gasteiger partial charge in [0, 0.05) is 18.3 Å². The molecule has 1 fully saturated rings. The summed E-state index contributed by atoms with van der Waals surface area (Å²) in [5, 5.41) is 20.8. The van der Waals surface area contributed by atoms with Crippen molar-refractivity contribution in [2.75, 3.05) is 6.54 Å². The highest BCUT2D eigenvalue weighted by atomic mass is 32.1. The summed E-state index contributed by atoms with van der Waals surface area (Å²) in [6, 6.07) is -0.959. The molecule has 0 radical (unpaired) electrons. The number of thiazole rings is 1. The van der Waals surface area contributed by atoms with Crippen molar-refractivity contribution in [3.05, 3.63) is 16.1 Å². The van der Waals surface area contributed by atoms with Gasteiger partial charge in [-0.3, -0.25) is 4.79 Å². The quantitative estimate of drug-likeness (QED) is 0.783. The van der Waals surface area contributed by atoms with Gasteiger partial charge in [-0.1, -0.05) is 0 Å². The number of amides is 1. The molecule has 0 aromatic carbocycles. The molecule has 1 aromatic heterocycles. The number of carboxylic acids is 1. The molecule has 17 heavy (non-hydrogen) atoms. The first-order valence-corrected chi connectivity index (χ1v) is 6.01. The Hall–Kier alpha value is -1.47. The molecule has 0 saturated carbocycles. The molecule has 0 spiro atoms. The first-order chi connectivity index (χ1) is 7.99. The number of aromatic nitrogens is 1. The minimum Gasteiger partial charge on any atom is -0.480 e. The van der Waals surface area contributed by atoms with Gasteiger partial charge in [0.15, 0.2) is 0 Å². The van der Waals surface area contributed by atoms with E-state index in [9.17, 15) is 14.7 Å². The van der Waals surface area contributed by atoms with Crippen molar-refractivity contribution < 1.29 is 19.8 Å². The molecule has 7 heteroatoms. The van der Waals surface area contributed by atoms with Gasteiger partial charge in [0.2, 0.25) is 0 Å². The summed E-state index contributed by atoms with van der Waals surface area (Å²) >= 11 is 1.33. The molecule has 2 rings (SSSR count). The van der Waals surface area contributed by atoms with Crippen molar-refractivity contribution in [2.45, 2.75) is 25.5 Å². The summed E-state index contributed by atoms with van der Waals surface area (Å²) in [6.07, 6.45) is -0.704. The van der Waals surface area contributed by atoms with Crippen LogP contribution in [0.5, 0.6) is 0 Å². The van der Waals surface area contributed by atoms with E-state index in [0.29, 0.717) is 0 Å². The van der Waals surface area contributed by atoms with Crippen LogP contribution in [0.3, 0.4) is 0 Å². The molecular weight excluding hydrogens is 244 g/mol. The van der Waals surface area contributed by atoms with Crippen molar-refractivity contribution >= 4 is 23.2 Å². The number of likely N-dealkylation sites (tertiary alicyclic amines) is 1. The molecule has 1 aliphatic heterocycles. The predicted octanol–water partition coefficient (Wildman–Crippen LogP) is 0.112. The Balaban J connectivity index is 2.21.